The molecule has 88 valence electrons. The van der Waals surface area contributed by atoms with Gasteiger partial charge in [0.15, 0.2) is 0 Å². The van der Waals surface area contributed by atoms with Gasteiger partial charge in [-0.25, -0.2) is 9.78 Å². The van der Waals surface area contributed by atoms with Crippen LogP contribution in [0.2, 0.25) is 0 Å². The molecule has 0 saturated heterocycles. The topological polar surface area (TPSA) is 72.1 Å². The molecule has 0 aliphatic rings. The SMILES string of the molecule is CCOC(=O)c1cc(I)cc2c(=O)[nH]cnc12. The summed E-state index contributed by atoms with van der Waals surface area (Å²) < 4.78 is 5.72. The maximum atomic E-state index is 11.7. The average Bonchev–Trinajstić information content (AvgIpc) is 2.30. The molecule has 0 bridgehead atoms. The molecule has 0 aliphatic heterocycles. The van der Waals surface area contributed by atoms with Crippen LogP contribution in [0.5, 0.6) is 0 Å². The molecule has 0 spiro atoms. The highest BCUT2D eigenvalue weighted by Gasteiger charge is 2.14. The fraction of sp³-hybridized carbons (Fsp3) is 0.182. The van der Waals surface area contributed by atoms with Crippen molar-refractivity contribution >= 4 is 39.5 Å². The summed E-state index contributed by atoms with van der Waals surface area (Å²) in [5.74, 6) is -0.464. The van der Waals surface area contributed by atoms with Gasteiger partial charge in [-0.1, -0.05) is 0 Å². The Bertz CT molecular complexity index is 636. The maximum Gasteiger partial charge on any atom is 0.340 e. The van der Waals surface area contributed by atoms with E-state index in [2.05, 4.69) is 9.97 Å². The summed E-state index contributed by atoms with van der Waals surface area (Å²) in [7, 11) is 0. The Morgan fingerprint density at radius 1 is 1.53 bits per heavy atom. The van der Waals surface area contributed by atoms with Crippen LogP contribution < -0.4 is 5.56 Å². The van der Waals surface area contributed by atoms with Gasteiger partial charge in [-0.2, -0.15) is 0 Å². The number of carbonyl (C=O) groups is 1. The molecule has 0 atom stereocenters. The molecule has 1 heterocycles. The molecule has 0 saturated carbocycles. The van der Waals surface area contributed by atoms with E-state index in [4.69, 9.17) is 4.74 Å². The van der Waals surface area contributed by atoms with Crippen LogP contribution in [0.15, 0.2) is 23.3 Å². The van der Waals surface area contributed by atoms with E-state index in [0.29, 0.717) is 16.5 Å². The number of aromatic nitrogens is 2. The van der Waals surface area contributed by atoms with E-state index < -0.39 is 5.97 Å². The van der Waals surface area contributed by atoms with E-state index in [1.807, 2.05) is 22.6 Å². The third-order valence-corrected chi connectivity index (χ3v) is 2.83. The number of hydrogen-bond acceptors (Lipinski definition) is 4. The molecule has 1 N–H and O–H groups in total. The number of ether oxygens (including phenoxy) is 1. The van der Waals surface area contributed by atoms with Gasteiger partial charge in [-0.05, 0) is 41.6 Å². The molecule has 2 aromatic rings. The first-order valence-corrected chi connectivity index (χ1v) is 6.05. The smallest absolute Gasteiger partial charge is 0.340 e. The Hall–Kier alpha value is -1.44. The zero-order valence-corrected chi connectivity index (χ0v) is 11.1. The summed E-state index contributed by atoms with van der Waals surface area (Å²) in [6.45, 7) is 2.02. The second-order valence-electron chi connectivity index (χ2n) is 3.30. The van der Waals surface area contributed by atoms with E-state index in [0.717, 1.165) is 3.57 Å². The van der Waals surface area contributed by atoms with Gasteiger partial charge in [-0.15, -0.1) is 0 Å². The molecule has 0 amide bonds. The zero-order valence-electron chi connectivity index (χ0n) is 8.99. The van der Waals surface area contributed by atoms with E-state index in [1.165, 1.54) is 6.33 Å². The van der Waals surface area contributed by atoms with Crippen molar-refractivity contribution in [1.29, 1.82) is 0 Å². The molecule has 0 radical (unpaired) electrons. The highest BCUT2D eigenvalue weighted by Crippen LogP contribution is 2.18. The molecule has 2 rings (SSSR count). The number of nitrogens with one attached hydrogen (secondary N) is 1. The van der Waals surface area contributed by atoms with Crippen molar-refractivity contribution in [3.05, 3.63) is 37.9 Å². The summed E-state index contributed by atoms with van der Waals surface area (Å²) in [6.07, 6.45) is 1.28. The molecular weight excluding hydrogens is 335 g/mol. The minimum absolute atomic E-state index is 0.265. The van der Waals surface area contributed by atoms with Gasteiger partial charge in [0.05, 0.1) is 29.4 Å². The van der Waals surface area contributed by atoms with Crippen LogP contribution >= 0.6 is 22.6 Å². The van der Waals surface area contributed by atoms with Gasteiger partial charge in [-0.3, -0.25) is 4.79 Å². The normalized spacial score (nSPS) is 10.5. The zero-order chi connectivity index (χ0) is 12.4. The molecule has 1 aromatic heterocycles. The van der Waals surface area contributed by atoms with Crippen molar-refractivity contribution in [2.75, 3.05) is 6.61 Å². The Balaban J connectivity index is 2.75. The first-order chi connectivity index (χ1) is 8.13. The van der Waals surface area contributed by atoms with Crippen molar-refractivity contribution in [3.8, 4) is 0 Å². The van der Waals surface area contributed by atoms with Crippen LogP contribution in [0, 0.1) is 3.57 Å². The number of benzene rings is 1. The van der Waals surface area contributed by atoms with E-state index >= 15 is 0 Å². The Morgan fingerprint density at radius 2 is 2.29 bits per heavy atom. The summed E-state index contributed by atoms with van der Waals surface area (Å²) in [4.78, 5) is 29.9. The minimum atomic E-state index is -0.464. The number of nitrogens with zero attached hydrogens (tertiary/aromatic N) is 1. The van der Waals surface area contributed by atoms with Crippen molar-refractivity contribution in [2.45, 2.75) is 6.92 Å². The molecular formula is C11H9IN2O3. The number of aromatic amines is 1. The Labute approximate surface area is 110 Å². The molecule has 0 unspecified atom stereocenters. The lowest BCUT2D eigenvalue weighted by Crippen LogP contribution is -2.12. The third kappa shape index (κ3) is 2.31. The van der Waals surface area contributed by atoms with E-state index in [1.54, 1.807) is 19.1 Å². The highest BCUT2D eigenvalue weighted by molar-refractivity contribution is 14.1. The summed E-state index contributed by atoms with van der Waals surface area (Å²) in [5.41, 5.74) is 0.423. The second-order valence-corrected chi connectivity index (χ2v) is 4.55. The molecule has 0 fully saturated rings. The van der Waals surface area contributed by atoms with Crippen molar-refractivity contribution in [1.82, 2.24) is 9.97 Å². The van der Waals surface area contributed by atoms with E-state index in [-0.39, 0.29) is 12.2 Å². The van der Waals surface area contributed by atoms with Gasteiger partial charge in [0.25, 0.3) is 5.56 Å². The van der Waals surface area contributed by atoms with Crippen LogP contribution in [0.3, 0.4) is 0 Å². The van der Waals surface area contributed by atoms with Crippen LogP contribution in [0.1, 0.15) is 17.3 Å². The fourth-order valence-corrected chi connectivity index (χ4v) is 2.13. The van der Waals surface area contributed by atoms with E-state index in [9.17, 15) is 9.59 Å². The van der Waals surface area contributed by atoms with Crippen LogP contribution in [-0.2, 0) is 4.74 Å². The van der Waals surface area contributed by atoms with Crippen molar-refractivity contribution in [3.63, 3.8) is 0 Å². The Morgan fingerprint density at radius 3 is 3.00 bits per heavy atom. The van der Waals surface area contributed by atoms with Gasteiger partial charge in [0.1, 0.15) is 0 Å². The maximum absolute atomic E-state index is 11.7. The standard InChI is InChI=1S/C11H9IN2O3/c1-2-17-11(16)8-4-6(12)3-7-9(8)13-5-14-10(7)15/h3-5H,2H2,1H3,(H,13,14,15). The highest BCUT2D eigenvalue weighted by atomic mass is 127. The number of hydrogen-bond donors (Lipinski definition) is 1. The number of esters is 1. The van der Waals surface area contributed by atoms with Crippen LogP contribution in [0.4, 0.5) is 0 Å². The monoisotopic (exact) mass is 344 g/mol. The number of carbonyl (C=O) groups excluding carboxylic acids is 1. The third-order valence-electron chi connectivity index (χ3n) is 2.20. The van der Waals surface area contributed by atoms with Gasteiger partial charge in [0.2, 0.25) is 0 Å². The molecule has 5 nitrogen and oxygen atoms in total. The fourth-order valence-electron chi connectivity index (χ4n) is 1.51. The molecule has 0 aliphatic carbocycles. The largest absolute Gasteiger partial charge is 0.462 e. The van der Waals surface area contributed by atoms with Crippen LogP contribution in [0.25, 0.3) is 10.9 Å². The minimum Gasteiger partial charge on any atom is -0.462 e. The number of halogens is 1. The van der Waals surface area contributed by atoms with Gasteiger partial charge in [0, 0.05) is 3.57 Å². The number of fused-ring (bicyclic) bond motifs is 1. The Kier molecular flexibility index (Phi) is 3.41. The summed E-state index contributed by atoms with van der Waals surface area (Å²) in [6, 6.07) is 3.35. The first-order valence-electron chi connectivity index (χ1n) is 4.97. The van der Waals surface area contributed by atoms with Crippen molar-refractivity contribution in [2.24, 2.45) is 0 Å². The predicted octanol–water partition coefficient (Wildman–Crippen LogP) is 1.70. The van der Waals surface area contributed by atoms with Gasteiger partial charge >= 0.3 is 5.97 Å². The summed E-state index contributed by atoms with van der Waals surface area (Å²) in [5, 5.41) is 0.391. The average molecular weight is 344 g/mol. The van der Waals surface area contributed by atoms with Crippen molar-refractivity contribution < 1.29 is 9.53 Å². The quantitative estimate of drug-likeness (QED) is 0.665. The lowest BCUT2D eigenvalue weighted by atomic mass is 10.1. The lowest BCUT2D eigenvalue weighted by molar-refractivity contribution is 0.0528. The lowest BCUT2D eigenvalue weighted by Gasteiger charge is -2.05. The van der Waals surface area contributed by atoms with Gasteiger partial charge < -0.3 is 9.72 Å². The van der Waals surface area contributed by atoms with Crippen LogP contribution in [-0.4, -0.2) is 22.5 Å². The molecule has 1 aromatic carbocycles. The molecule has 6 heteroatoms. The number of rotatable bonds is 2. The first kappa shape index (κ1) is 12.0. The second kappa shape index (κ2) is 4.82. The summed E-state index contributed by atoms with van der Waals surface area (Å²) >= 11 is 2.04. The molecule has 17 heavy (non-hydrogen) atoms. The predicted molar refractivity (Wildman–Crippen MR) is 71.0 cm³/mol. The number of H-pyrrole nitrogens is 1.